The van der Waals surface area contributed by atoms with E-state index in [0.717, 1.165) is 15.1 Å². The first-order valence-electron chi connectivity index (χ1n) is 5.04. The average molecular weight is 326 g/mol. The number of aryl methyl sites for hydroxylation is 1. The lowest BCUT2D eigenvalue weighted by Crippen LogP contribution is -2.34. The van der Waals surface area contributed by atoms with E-state index in [1.807, 2.05) is 20.8 Å². The highest BCUT2D eigenvalue weighted by atomic mass is 79.9. The highest BCUT2D eigenvalue weighted by Crippen LogP contribution is 2.31. The Morgan fingerprint density at radius 1 is 1.56 bits per heavy atom. The Kier molecular flexibility index (Phi) is 4.57. The van der Waals surface area contributed by atoms with Gasteiger partial charge in [0.25, 0.3) is 0 Å². The molecule has 0 saturated carbocycles. The van der Waals surface area contributed by atoms with Gasteiger partial charge in [-0.25, -0.2) is 8.42 Å². The molecule has 0 bridgehead atoms. The van der Waals surface area contributed by atoms with Crippen LogP contribution in [-0.4, -0.2) is 25.8 Å². The molecule has 1 unspecified atom stereocenters. The fraction of sp³-hybridized carbons (Fsp3) is 0.600. The molecule has 0 aliphatic rings. The summed E-state index contributed by atoms with van der Waals surface area (Å²) in [5, 5.41) is 0. The number of sulfonamides is 1. The zero-order valence-corrected chi connectivity index (χ0v) is 13.0. The first-order chi connectivity index (χ1) is 7.30. The average Bonchev–Trinajstić information content (AvgIpc) is 2.56. The van der Waals surface area contributed by atoms with Gasteiger partial charge in [0.1, 0.15) is 0 Å². The fourth-order valence-corrected chi connectivity index (χ4v) is 5.15. The first kappa shape index (κ1) is 14.2. The molecule has 1 atom stereocenters. The summed E-state index contributed by atoms with van der Waals surface area (Å²) in [6.07, 6.45) is 0.806. The maximum atomic E-state index is 12.3. The predicted molar refractivity (Wildman–Crippen MR) is 71.5 cm³/mol. The van der Waals surface area contributed by atoms with Crippen LogP contribution in [0.15, 0.2) is 14.7 Å². The number of hydrogen-bond acceptors (Lipinski definition) is 3. The van der Waals surface area contributed by atoms with Crippen molar-refractivity contribution in [2.24, 2.45) is 0 Å². The van der Waals surface area contributed by atoms with Crippen LogP contribution < -0.4 is 0 Å². The lowest BCUT2D eigenvalue weighted by Gasteiger charge is -2.22. The first-order valence-corrected chi connectivity index (χ1v) is 8.09. The van der Waals surface area contributed by atoms with Crippen molar-refractivity contribution in [3.05, 3.63) is 14.7 Å². The van der Waals surface area contributed by atoms with Gasteiger partial charge in [-0.2, -0.15) is 4.31 Å². The van der Waals surface area contributed by atoms with Gasteiger partial charge >= 0.3 is 0 Å². The second-order valence-electron chi connectivity index (χ2n) is 3.75. The number of hydrogen-bond donors (Lipinski definition) is 0. The molecule has 0 aliphatic heterocycles. The van der Waals surface area contributed by atoms with Gasteiger partial charge < -0.3 is 0 Å². The van der Waals surface area contributed by atoms with Crippen LogP contribution in [0.25, 0.3) is 0 Å². The van der Waals surface area contributed by atoms with Crippen LogP contribution in [-0.2, 0) is 10.0 Å². The molecule has 16 heavy (non-hydrogen) atoms. The van der Waals surface area contributed by atoms with Crippen LogP contribution in [0.5, 0.6) is 0 Å². The van der Waals surface area contributed by atoms with Gasteiger partial charge in [-0.1, -0.05) is 6.92 Å². The van der Waals surface area contributed by atoms with Crippen molar-refractivity contribution in [3.8, 4) is 0 Å². The number of halogens is 1. The van der Waals surface area contributed by atoms with E-state index >= 15 is 0 Å². The second kappa shape index (κ2) is 5.16. The zero-order chi connectivity index (χ0) is 12.5. The maximum Gasteiger partial charge on any atom is 0.244 e. The summed E-state index contributed by atoms with van der Waals surface area (Å²) in [4.78, 5) is 1.23. The smallest absolute Gasteiger partial charge is 0.207 e. The quantitative estimate of drug-likeness (QED) is 0.852. The minimum absolute atomic E-state index is 0.0167. The zero-order valence-electron chi connectivity index (χ0n) is 9.82. The second-order valence-corrected chi connectivity index (χ2v) is 8.35. The Morgan fingerprint density at radius 3 is 2.50 bits per heavy atom. The summed E-state index contributed by atoms with van der Waals surface area (Å²) >= 11 is 4.76. The monoisotopic (exact) mass is 325 g/mol. The van der Waals surface area contributed by atoms with Crippen molar-refractivity contribution >= 4 is 37.3 Å². The molecule has 92 valence electrons. The van der Waals surface area contributed by atoms with Crippen LogP contribution in [0.3, 0.4) is 0 Å². The van der Waals surface area contributed by atoms with Gasteiger partial charge in [0.2, 0.25) is 10.0 Å². The molecule has 0 fully saturated rings. The van der Waals surface area contributed by atoms with Crippen LogP contribution in [0.1, 0.15) is 25.1 Å². The van der Waals surface area contributed by atoms with Gasteiger partial charge in [-0.3, -0.25) is 0 Å². The molecule has 1 aromatic heterocycles. The third-order valence-electron chi connectivity index (χ3n) is 2.71. The van der Waals surface area contributed by atoms with Gasteiger partial charge in [0, 0.05) is 18.0 Å². The maximum absolute atomic E-state index is 12.3. The Hall–Kier alpha value is 0.0900. The van der Waals surface area contributed by atoms with Crippen LogP contribution >= 0.6 is 27.3 Å². The lowest BCUT2D eigenvalue weighted by atomic mass is 10.3. The summed E-state index contributed by atoms with van der Waals surface area (Å²) < 4.78 is 26.8. The van der Waals surface area contributed by atoms with E-state index in [4.69, 9.17) is 0 Å². The third-order valence-corrected chi connectivity index (χ3v) is 6.49. The SMILES string of the molecule is CCC(C)N(C)S(=O)(=O)c1cc(Br)sc1C. The molecular formula is C10H16BrNO2S2. The van der Waals surface area contributed by atoms with Crippen LogP contribution in [0, 0.1) is 6.92 Å². The van der Waals surface area contributed by atoms with Crippen molar-refractivity contribution in [1.82, 2.24) is 4.31 Å². The van der Waals surface area contributed by atoms with Gasteiger partial charge in [-0.05, 0) is 42.3 Å². The molecule has 0 aromatic carbocycles. The van der Waals surface area contributed by atoms with E-state index in [9.17, 15) is 8.42 Å². The van der Waals surface area contributed by atoms with Crippen molar-refractivity contribution in [2.75, 3.05) is 7.05 Å². The third kappa shape index (κ3) is 2.67. The molecule has 0 aliphatic carbocycles. The predicted octanol–water partition coefficient (Wildman–Crippen LogP) is 3.24. The molecule has 1 aromatic rings. The molecule has 0 spiro atoms. The highest BCUT2D eigenvalue weighted by Gasteiger charge is 2.27. The normalized spacial score (nSPS) is 14.4. The summed E-state index contributed by atoms with van der Waals surface area (Å²) in [6, 6.07) is 1.69. The van der Waals surface area contributed by atoms with Crippen molar-refractivity contribution in [2.45, 2.75) is 38.1 Å². The van der Waals surface area contributed by atoms with E-state index in [-0.39, 0.29) is 6.04 Å². The van der Waals surface area contributed by atoms with Crippen molar-refractivity contribution < 1.29 is 8.42 Å². The highest BCUT2D eigenvalue weighted by molar-refractivity contribution is 9.11. The molecular weight excluding hydrogens is 310 g/mol. The van der Waals surface area contributed by atoms with E-state index in [1.165, 1.54) is 15.6 Å². The van der Waals surface area contributed by atoms with Crippen molar-refractivity contribution in [1.29, 1.82) is 0 Å². The topological polar surface area (TPSA) is 37.4 Å². The van der Waals surface area contributed by atoms with Gasteiger partial charge in [-0.15, -0.1) is 11.3 Å². The molecule has 0 radical (unpaired) electrons. The minimum atomic E-state index is -3.35. The Balaban J connectivity index is 3.17. The molecule has 0 amide bonds. The van der Waals surface area contributed by atoms with Gasteiger partial charge in [0.15, 0.2) is 0 Å². The van der Waals surface area contributed by atoms with Gasteiger partial charge in [0.05, 0.1) is 8.68 Å². The van der Waals surface area contributed by atoms with Crippen LogP contribution in [0.2, 0.25) is 0 Å². The molecule has 1 rings (SSSR count). The number of nitrogens with zero attached hydrogens (tertiary/aromatic N) is 1. The largest absolute Gasteiger partial charge is 0.244 e. The standard InChI is InChI=1S/C10H16BrNO2S2/c1-5-7(2)12(4)16(13,14)9-6-10(11)15-8(9)3/h6-7H,5H2,1-4H3. The van der Waals surface area contributed by atoms with Crippen molar-refractivity contribution in [3.63, 3.8) is 0 Å². The van der Waals surface area contributed by atoms with Crippen LogP contribution in [0.4, 0.5) is 0 Å². The Labute approximate surface area is 110 Å². The molecule has 0 saturated heterocycles. The van der Waals surface area contributed by atoms with E-state index in [0.29, 0.717) is 4.90 Å². The van der Waals surface area contributed by atoms with E-state index in [1.54, 1.807) is 13.1 Å². The number of thiophene rings is 1. The van der Waals surface area contributed by atoms with E-state index < -0.39 is 10.0 Å². The fourth-order valence-electron chi connectivity index (χ4n) is 1.34. The summed E-state index contributed by atoms with van der Waals surface area (Å²) in [5.41, 5.74) is 0. The molecule has 1 heterocycles. The minimum Gasteiger partial charge on any atom is -0.207 e. The summed E-state index contributed by atoms with van der Waals surface area (Å²) in [6.45, 7) is 5.72. The summed E-state index contributed by atoms with van der Waals surface area (Å²) in [5.74, 6) is 0. The molecule has 0 N–H and O–H groups in total. The molecule has 3 nitrogen and oxygen atoms in total. The number of rotatable bonds is 4. The molecule has 6 heteroatoms. The van der Waals surface area contributed by atoms with E-state index in [2.05, 4.69) is 15.9 Å². The summed E-state index contributed by atoms with van der Waals surface area (Å²) in [7, 11) is -1.71. The Bertz CT molecular complexity index is 467. The Morgan fingerprint density at radius 2 is 2.12 bits per heavy atom. The lowest BCUT2D eigenvalue weighted by molar-refractivity contribution is 0.380.